The summed E-state index contributed by atoms with van der Waals surface area (Å²) in [5, 5.41) is 0. The summed E-state index contributed by atoms with van der Waals surface area (Å²) in [4.78, 5) is 13.2. The van der Waals surface area contributed by atoms with Crippen LogP contribution in [0.2, 0.25) is 0 Å². The molecule has 0 bridgehead atoms. The Morgan fingerprint density at radius 3 is 2.92 bits per heavy atom. The summed E-state index contributed by atoms with van der Waals surface area (Å²) >= 11 is 5.46. The van der Waals surface area contributed by atoms with Gasteiger partial charge in [-0.2, -0.15) is 0 Å². The Morgan fingerprint density at radius 2 is 2.42 bits per heavy atom. The van der Waals surface area contributed by atoms with Gasteiger partial charge in [-0.15, -0.1) is 11.6 Å². The van der Waals surface area contributed by atoms with Gasteiger partial charge in [0, 0.05) is 24.9 Å². The molecule has 0 spiro atoms. The average Bonchev–Trinajstić information content (AvgIpc) is 2.36. The third-order valence-corrected chi connectivity index (χ3v) is 2.32. The van der Waals surface area contributed by atoms with E-state index < -0.39 is 0 Å². The lowest BCUT2D eigenvalue weighted by Crippen LogP contribution is -2.26. The molecule has 68 valence electrons. The lowest BCUT2D eigenvalue weighted by Gasteiger charge is -2.12. The van der Waals surface area contributed by atoms with Crippen LogP contribution in [0.3, 0.4) is 0 Å². The summed E-state index contributed by atoms with van der Waals surface area (Å²) in [6.45, 7) is 3.59. The lowest BCUT2D eigenvalue weighted by molar-refractivity contribution is -0.130. The Kier molecular flexibility index (Phi) is 3.60. The predicted octanol–water partition coefficient (Wildman–Crippen LogP) is 1.65. The van der Waals surface area contributed by atoms with Crippen molar-refractivity contribution in [2.75, 3.05) is 19.0 Å². The second kappa shape index (κ2) is 4.51. The normalized spacial score (nSPS) is 24.3. The number of nitrogens with zero attached hydrogens (tertiary/aromatic N) is 1. The van der Waals surface area contributed by atoms with Crippen LogP contribution in [0.25, 0.3) is 0 Å². The number of hydrogen-bond acceptors (Lipinski definition) is 1. The molecule has 1 aliphatic rings. The molecule has 0 saturated carbocycles. The fraction of sp³-hybridized carbons (Fsp3) is 0.667. The molecular weight excluding hydrogens is 174 g/mol. The molecule has 3 heteroatoms. The molecule has 0 aliphatic carbocycles. The van der Waals surface area contributed by atoms with Gasteiger partial charge in [-0.1, -0.05) is 19.1 Å². The zero-order valence-electron chi connectivity index (χ0n) is 7.29. The van der Waals surface area contributed by atoms with Crippen LogP contribution >= 0.6 is 11.6 Å². The molecule has 1 rings (SSSR count). The smallest absolute Gasteiger partial charge is 0.225 e. The third kappa shape index (κ3) is 2.24. The van der Waals surface area contributed by atoms with Gasteiger partial charge in [0.05, 0.1) is 0 Å². The number of allylic oxidation sites excluding steroid dienone is 1. The lowest BCUT2D eigenvalue weighted by atomic mass is 10.1. The first-order valence-corrected chi connectivity index (χ1v) is 4.79. The molecule has 1 saturated heterocycles. The summed E-state index contributed by atoms with van der Waals surface area (Å²) in [7, 11) is 0. The van der Waals surface area contributed by atoms with Crippen molar-refractivity contribution in [1.82, 2.24) is 4.90 Å². The fourth-order valence-corrected chi connectivity index (χ4v) is 1.47. The summed E-state index contributed by atoms with van der Waals surface area (Å²) in [6, 6.07) is 0. The van der Waals surface area contributed by atoms with Gasteiger partial charge in [0.15, 0.2) is 0 Å². The number of halogens is 1. The number of alkyl halides is 1. The predicted molar refractivity (Wildman–Crippen MR) is 50.2 cm³/mol. The zero-order chi connectivity index (χ0) is 8.97. The van der Waals surface area contributed by atoms with Gasteiger partial charge >= 0.3 is 0 Å². The van der Waals surface area contributed by atoms with Gasteiger partial charge in [-0.25, -0.2) is 0 Å². The van der Waals surface area contributed by atoms with Crippen LogP contribution in [0.4, 0.5) is 0 Å². The standard InChI is InChI=1S/C9H14ClNO/c1-8-4-7-11(9(8)12)6-3-2-5-10/h2-3,8H,4-7H2,1H3/b3-2+. The first kappa shape index (κ1) is 9.59. The Hall–Kier alpha value is -0.500. The molecule has 0 aromatic carbocycles. The number of carbonyl (C=O) groups is 1. The van der Waals surface area contributed by atoms with Gasteiger partial charge in [0.2, 0.25) is 5.91 Å². The van der Waals surface area contributed by atoms with Crippen molar-refractivity contribution < 1.29 is 4.79 Å². The third-order valence-electron chi connectivity index (χ3n) is 2.15. The second-order valence-electron chi connectivity index (χ2n) is 3.10. The van der Waals surface area contributed by atoms with Crippen molar-refractivity contribution in [1.29, 1.82) is 0 Å². The highest BCUT2D eigenvalue weighted by Crippen LogP contribution is 2.16. The molecule has 1 atom stereocenters. The van der Waals surface area contributed by atoms with Crippen LogP contribution in [-0.4, -0.2) is 29.8 Å². The van der Waals surface area contributed by atoms with Crippen LogP contribution in [0.1, 0.15) is 13.3 Å². The maximum atomic E-state index is 11.4. The molecule has 1 unspecified atom stereocenters. The number of amides is 1. The van der Waals surface area contributed by atoms with Crippen molar-refractivity contribution >= 4 is 17.5 Å². The maximum Gasteiger partial charge on any atom is 0.225 e. The Morgan fingerprint density at radius 1 is 1.67 bits per heavy atom. The molecule has 0 radical (unpaired) electrons. The SMILES string of the molecule is CC1CCN(C/C=C/CCl)C1=O. The summed E-state index contributed by atoms with van der Waals surface area (Å²) in [5.41, 5.74) is 0. The molecule has 1 aliphatic heterocycles. The quantitative estimate of drug-likeness (QED) is 0.486. The van der Waals surface area contributed by atoms with E-state index in [4.69, 9.17) is 11.6 Å². The molecule has 0 aromatic rings. The summed E-state index contributed by atoms with van der Waals surface area (Å²) < 4.78 is 0. The molecule has 1 heterocycles. The zero-order valence-corrected chi connectivity index (χ0v) is 8.05. The van der Waals surface area contributed by atoms with E-state index in [0.717, 1.165) is 19.5 Å². The highest BCUT2D eigenvalue weighted by atomic mass is 35.5. The Labute approximate surface area is 78.2 Å². The van der Waals surface area contributed by atoms with Crippen LogP contribution < -0.4 is 0 Å². The average molecular weight is 188 g/mol. The number of carbonyl (C=O) groups excluding carboxylic acids is 1. The first-order valence-electron chi connectivity index (χ1n) is 4.25. The van der Waals surface area contributed by atoms with Gasteiger partial charge in [0.25, 0.3) is 0 Å². The minimum atomic E-state index is 0.217. The van der Waals surface area contributed by atoms with E-state index in [2.05, 4.69) is 0 Å². The van der Waals surface area contributed by atoms with Crippen molar-refractivity contribution in [2.24, 2.45) is 5.92 Å². The molecule has 2 nitrogen and oxygen atoms in total. The molecule has 1 fully saturated rings. The maximum absolute atomic E-state index is 11.4. The van der Waals surface area contributed by atoms with E-state index in [1.807, 2.05) is 24.0 Å². The minimum absolute atomic E-state index is 0.217. The summed E-state index contributed by atoms with van der Waals surface area (Å²) in [5.74, 6) is 1.01. The number of hydrogen-bond donors (Lipinski definition) is 0. The van der Waals surface area contributed by atoms with E-state index in [-0.39, 0.29) is 11.8 Å². The second-order valence-corrected chi connectivity index (χ2v) is 3.41. The monoisotopic (exact) mass is 187 g/mol. The highest BCUT2D eigenvalue weighted by molar-refractivity contribution is 6.18. The fourth-order valence-electron chi connectivity index (χ4n) is 1.34. The molecule has 12 heavy (non-hydrogen) atoms. The van der Waals surface area contributed by atoms with E-state index >= 15 is 0 Å². The van der Waals surface area contributed by atoms with E-state index in [1.54, 1.807) is 0 Å². The van der Waals surface area contributed by atoms with Crippen molar-refractivity contribution in [3.05, 3.63) is 12.2 Å². The van der Waals surface area contributed by atoms with Crippen LogP contribution in [0, 0.1) is 5.92 Å². The Bertz CT molecular complexity index is 191. The van der Waals surface area contributed by atoms with E-state index in [1.165, 1.54) is 0 Å². The summed E-state index contributed by atoms with van der Waals surface area (Å²) in [6.07, 6.45) is 4.81. The van der Waals surface area contributed by atoms with Crippen molar-refractivity contribution in [3.8, 4) is 0 Å². The van der Waals surface area contributed by atoms with Crippen molar-refractivity contribution in [3.63, 3.8) is 0 Å². The van der Waals surface area contributed by atoms with Gasteiger partial charge in [0.1, 0.15) is 0 Å². The topological polar surface area (TPSA) is 20.3 Å². The molecule has 0 aromatic heterocycles. The molecule has 1 amide bonds. The largest absolute Gasteiger partial charge is 0.339 e. The first-order chi connectivity index (χ1) is 5.75. The number of likely N-dealkylation sites (tertiary alicyclic amines) is 1. The highest BCUT2D eigenvalue weighted by Gasteiger charge is 2.26. The Balaban J connectivity index is 2.34. The minimum Gasteiger partial charge on any atom is -0.339 e. The molecule has 0 N–H and O–H groups in total. The number of rotatable bonds is 3. The van der Waals surface area contributed by atoms with Gasteiger partial charge in [-0.05, 0) is 6.42 Å². The molecular formula is C9H14ClNO. The van der Waals surface area contributed by atoms with Gasteiger partial charge in [-0.3, -0.25) is 4.79 Å². The van der Waals surface area contributed by atoms with E-state index in [9.17, 15) is 4.79 Å². The van der Waals surface area contributed by atoms with Crippen LogP contribution in [-0.2, 0) is 4.79 Å². The van der Waals surface area contributed by atoms with Crippen molar-refractivity contribution in [2.45, 2.75) is 13.3 Å². The van der Waals surface area contributed by atoms with Crippen LogP contribution in [0.5, 0.6) is 0 Å². The van der Waals surface area contributed by atoms with E-state index in [0.29, 0.717) is 5.88 Å². The van der Waals surface area contributed by atoms with Gasteiger partial charge < -0.3 is 4.90 Å². The van der Waals surface area contributed by atoms with Crippen LogP contribution in [0.15, 0.2) is 12.2 Å².